The van der Waals surface area contributed by atoms with E-state index in [9.17, 15) is 4.79 Å². The van der Waals surface area contributed by atoms with Gasteiger partial charge >= 0.3 is 0 Å². The van der Waals surface area contributed by atoms with E-state index in [-0.39, 0.29) is 12.0 Å². The van der Waals surface area contributed by atoms with Crippen molar-refractivity contribution in [2.45, 2.75) is 37.8 Å². The topological polar surface area (TPSA) is 44.8 Å². The first kappa shape index (κ1) is 19.5. The van der Waals surface area contributed by atoms with Crippen LogP contribution in [0, 0.1) is 5.92 Å². The van der Waals surface area contributed by atoms with Gasteiger partial charge in [-0.15, -0.1) is 11.8 Å². The van der Waals surface area contributed by atoms with Gasteiger partial charge in [-0.1, -0.05) is 26.0 Å². The van der Waals surface area contributed by atoms with Gasteiger partial charge in [-0.2, -0.15) is 0 Å². The summed E-state index contributed by atoms with van der Waals surface area (Å²) in [5.41, 5.74) is 1.17. The molecule has 0 aromatic heterocycles. The quantitative estimate of drug-likeness (QED) is 0.825. The van der Waals surface area contributed by atoms with Crippen molar-refractivity contribution in [1.29, 1.82) is 0 Å². The second-order valence-corrected chi connectivity index (χ2v) is 8.77. The maximum Gasteiger partial charge on any atom is 0.239 e. The van der Waals surface area contributed by atoms with Crippen LogP contribution in [0.2, 0.25) is 0 Å². The van der Waals surface area contributed by atoms with Gasteiger partial charge in [-0.05, 0) is 25.0 Å². The summed E-state index contributed by atoms with van der Waals surface area (Å²) in [5.74, 6) is 1.74. The number of hydrogen-bond acceptors (Lipinski definition) is 5. The van der Waals surface area contributed by atoms with Gasteiger partial charge in [0.15, 0.2) is 0 Å². The van der Waals surface area contributed by atoms with Crippen LogP contribution in [0.25, 0.3) is 0 Å². The van der Waals surface area contributed by atoms with Gasteiger partial charge < -0.3 is 15.0 Å². The van der Waals surface area contributed by atoms with Crippen LogP contribution in [0.1, 0.15) is 20.8 Å². The predicted octanol–water partition coefficient (Wildman–Crippen LogP) is 2.46. The summed E-state index contributed by atoms with van der Waals surface area (Å²) in [6.45, 7) is 11.4. The fourth-order valence-electron chi connectivity index (χ4n) is 3.62. The maximum absolute atomic E-state index is 12.5. The van der Waals surface area contributed by atoms with Crippen molar-refractivity contribution < 1.29 is 9.53 Å². The minimum absolute atomic E-state index is 0.0723. The molecule has 1 fully saturated rings. The fraction of sp³-hybridized carbons (Fsp3) is 0.650. The molecule has 1 N–H and O–H groups in total. The third-order valence-corrected chi connectivity index (χ3v) is 6.18. The van der Waals surface area contributed by atoms with Crippen molar-refractivity contribution in [3.8, 4) is 0 Å². The molecule has 0 radical (unpaired) electrons. The summed E-state index contributed by atoms with van der Waals surface area (Å²) < 4.78 is 5.83. The summed E-state index contributed by atoms with van der Waals surface area (Å²) >= 11 is 1.87. The second-order valence-electron chi connectivity index (χ2n) is 7.71. The lowest BCUT2D eigenvalue weighted by atomic mass is 10.2. The van der Waals surface area contributed by atoms with Crippen molar-refractivity contribution in [1.82, 2.24) is 10.2 Å². The summed E-state index contributed by atoms with van der Waals surface area (Å²) in [6, 6.07) is 8.70. The zero-order valence-corrected chi connectivity index (χ0v) is 16.9. The normalized spacial score (nSPS) is 23.8. The lowest BCUT2D eigenvalue weighted by Crippen LogP contribution is -2.50. The number of fused-ring (bicyclic) bond motifs is 1. The van der Waals surface area contributed by atoms with E-state index in [1.165, 1.54) is 10.6 Å². The molecule has 0 unspecified atom stereocenters. The molecule has 3 rings (SSSR count). The number of ether oxygens (including phenoxy) is 1. The van der Waals surface area contributed by atoms with Crippen LogP contribution >= 0.6 is 11.8 Å². The first-order valence-corrected chi connectivity index (χ1v) is 10.6. The van der Waals surface area contributed by atoms with Crippen LogP contribution in [0.3, 0.4) is 0 Å². The highest BCUT2D eigenvalue weighted by atomic mass is 32.2. The molecule has 0 saturated carbocycles. The summed E-state index contributed by atoms with van der Waals surface area (Å²) in [5, 5.41) is 3.09. The standard InChI is InChI=1S/C20H31N3O2S/c1-15(2)11-22-8-9-25-17(12-22)10-21-20(24)13-23-16(3)14-26-19-7-5-4-6-18(19)23/h4-7,15-17H,8-14H2,1-3H3,(H,21,24)/t16-,17+/m1/s1. The zero-order chi connectivity index (χ0) is 18.5. The Hall–Kier alpha value is -1.24. The third-order valence-electron chi connectivity index (χ3n) is 4.87. The van der Waals surface area contributed by atoms with Gasteiger partial charge in [0.25, 0.3) is 0 Å². The van der Waals surface area contributed by atoms with Crippen LogP contribution in [0.4, 0.5) is 5.69 Å². The highest BCUT2D eigenvalue weighted by Crippen LogP contribution is 2.36. The third kappa shape index (κ3) is 5.15. The number of thioether (sulfide) groups is 1. The molecular formula is C20H31N3O2S. The number of carbonyl (C=O) groups is 1. The molecule has 0 bridgehead atoms. The summed E-state index contributed by atoms with van der Waals surface area (Å²) in [7, 11) is 0. The van der Waals surface area contributed by atoms with E-state index in [4.69, 9.17) is 4.74 Å². The lowest BCUT2D eigenvalue weighted by molar-refractivity contribution is -0.121. The molecule has 6 heteroatoms. The number of anilines is 1. The number of hydrogen-bond donors (Lipinski definition) is 1. The molecule has 144 valence electrons. The van der Waals surface area contributed by atoms with Crippen molar-refractivity contribution >= 4 is 23.4 Å². The molecule has 1 aromatic rings. The van der Waals surface area contributed by atoms with Gasteiger partial charge in [-0.25, -0.2) is 0 Å². The smallest absolute Gasteiger partial charge is 0.239 e. The van der Waals surface area contributed by atoms with E-state index in [0.29, 0.717) is 25.0 Å². The van der Waals surface area contributed by atoms with E-state index < -0.39 is 0 Å². The van der Waals surface area contributed by atoms with Crippen molar-refractivity contribution in [2.75, 3.05) is 50.0 Å². The molecule has 1 saturated heterocycles. The molecule has 0 spiro atoms. The molecule has 1 amide bonds. The molecule has 5 nitrogen and oxygen atoms in total. The Morgan fingerprint density at radius 3 is 3.00 bits per heavy atom. The molecule has 2 aliphatic rings. The summed E-state index contributed by atoms with van der Waals surface area (Å²) in [6.07, 6.45) is 0.0908. The predicted molar refractivity (Wildman–Crippen MR) is 108 cm³/mol. The number of carbonyl (C=O) groups excluding carboxylic acids is 1. The Bertz CT molecular complexity index is 610. The molecule has 2 atom stereocenters. The van der Waals surface area contributed by atoms with Gasteiger partial charge in [0.1, 0.15) is 0 Å². The minimum atomic E-state index is 0.0723. The van der Waals surface area contributed by atoms with E-state index in [2.05, 4.69) is 54.1 Å². The Balaban J connectivity index is 1.50. The fourth-order valence-corrected chi connectivity index (χ4v) is 4.73. The number of morpholine rings is 1. The van der Waals surface area contributed by atoms with E-state index >= 15 is 0 Å². The van der Waals surface area contributed by atoms with Crippen molar-refractivity contribution in [2.24, 2.45) is 5.92 Å². The molecule has 1 aromatic carbocycles. The molecule has 2 aliphatic heterocycles. The second kappa shape index (κ2) is 9.11. The van der Waals surface area contributed by atoms with Crippen LogP contribution in [0.15, 0.2) is 29.2 Å². The minimum Gasteiger partial charge on any atom is -0.374 e. The average molecular weight is 378 g/mol. The number of nitrogens with zero attached hydrogens (tertiary/aromatic N) is 2. The van der Waals surface area contributed by atoms with Crippen LogP contribution in [0.5, 0.6) is 0 Å². The van der Waals surface area contributed by atoms with Crippen molar-refractivity contribution in [3.05, 3.63) is 24.3 Å². The van der Waals surface area contributed by atoms with E-state index in [1.54, 1.807) is 0 Å². The highest BCUT2D eigenvalue weighted by Gasteiger charge is 2.26. The Morgan fingerprint density at radius 1 is 1.38 bits per heavy atom. The average Bonchev–Trinajstić information content (AvgIpc) is 2.62. The first-order valence-electron chi connectivity index (χ1n) is 9.62. The number of benzene rings is 1. The number of nitrogens with one attached hydrogen (secondary N) is 1. The number of amides is 1. The van der Waals surface area contributed by atoms with Gasteiger partial charge in [-0.3, -0.25) is 9.69 Å². The van der Waals surface area contributed by atoms with Gasteiger partial charge in [0, 0.05) is 42.9 Å². The molecule has 2 heterocycles. The maximum atomic E-state index is 12.5. The SMILES string of the molecule is CC(C)CN1CCO[C@@H](CNC(=O)CN2c3ccccc3SC[C@H]2C)C1. The molecule has 0 aliphatic carbocycles. The van der Waals surface area contributed by atoms with Crippen LogP contribution in [-0.2, 0) is 9.53 Å². The Kier molecular flexibility index (Phi) is 6.84. The lowest BCUT2D eigenvalue weighted by Gasteiger charge is -2.36. The highest BCUT2D eigenvalue weighted by molar-refractivity contribution is 7.99. The van der Waals surface area contributed by atoms with E-state index in [1.807, 2.05) is 17.8 Å². The van der Waals surface area contributed by atoms with Crippen LogP contribution < -0.4 is 10.2 Å². The number of rotatable bonds is 6. The molecular weight excluding hydrogens is 346 g/mol. The van der Waals surface area contributed by atoms with E-state index in [0.717, 1.165) is 32.0 Å². The largest absolute Gasteiger partial charge is 0.374 e. The Morgan fingerprint density at radius 2 is 2.19 bits per heavy atom. The Labute approximate surface area is 161 Å². The summed E-state index contributed by atoms with van der Waals surface area (Å²) in [4.78, 5) is 18.5. The monoisotopic (exact) mass is 377 g/mol. The zero-order valence-electron chi connectivity index (χ0n) is 16.1. The first-order chi connectivity index (χ1) is 12.5. The van der Waals surface area contributed by atoms with Crippen LogP contribution in [-0.4, -0.2) is 68.0 Å². The number of para-hydroxylation sites is 1. The van der Waals surface area contributed by atoms with Gasteiger partial charge in [0.2, 0.25) is 5.91 Å². The van der Waals surface area contributed by atoms with Crippen molar-refractivity contribution in [3.63, 3.8) is 0 Å². The van der Waals surface area contributed by atoms with Gasteiger partial charge in [0.05, 0.1) is 24.9 Å². The molecule has 26 heavy (non-hydrogen) atoms.